The molecular formula is C11H12ClN3O. The van der Waals surface area contributed by atoms with E-state index in [9.17, 15) is 0 Å². The second kappa shape index (κ2) is 4.23. The van der Waals surface area contributed by atoms with Gasteiger partial charge in [0.15, 0.2) is 0 Å². The lowest BCUT2D eigenvalue weighted by Gasteiger charge is -2.05. The second-order valence-electron chi connectivity index (χ2n) is 3.68. The molecule has 0 unspecified atom stereocenters. The monoisotopic (exact) mass is 237 g/mol. The molecule has 4 nitrogen and oxygen atoms in total. The fourth-order valence-electron chi connectivity index (χ4n) is 1.56. The maximum absolute atomic E-state index is 9.13. The Morgan fingerprint density at radius 3 is 2.69 bits per heavy atom. The van der Waals surface area contributed by atoms with Gasteiger partial charge in [-0.05, 0) is 36.6 Å². The smallest absolute Gasteiger partial charge is 0.224 e. The quantitative estimate of drug-likeness (QED) is 0.814. The van der Waals surface area contributed by atoms with Crippen molar-refractivity contribution < 1.29 is 5.11 Å². The molecule has 5 heteroatoms. The summed E-state index contributed by atoms with van der Waals surface area (Å²) in [5.74, 6) is 0.739. The summed E-state index contributed by atoms with van der Waals surface area (Å²) in [4.78, 5) is 8.07. The zero-order chi connectivity index (χ0) is 11.7. The minimum atomic E-state index is 0.0245. The minimum Gasteiger partial charge on any atom is -0.392 e. The Morgan fingerprint density at radius 1 is 1.31 bits per heavy atom. The lowest BCUT2D eigenvalue weighted by Crippen LogP contribution is -1.99. The molecule has 0 spiro atoms. The molecule has 0 saturated heterocycles. The highest BCUT2D eigenvalue weighted by Crippen LogP contribution is 2.17. The zero-order valence-electron chi connectivity index (χ0n) is 9.11. The Bertz CT molecular complexity index is 522. The van der Waals surface area contributed by atoms with Crippen LogP contribution in [0.15, 0.2) is 18.6 Å². The molecule has 0 bridgehead atoms. The molecule has 0 radical (unpaired) electrons. The van der Waals surface area contributed by atoms with Crippen LogP contribution in [0.3, 0.4) is 0 Å². The molecule has 0 amide bonds. The first-order valence-corrected chi connectivity index (χ1v) is 5.27. The van der Waals surface area contributed by atoms with Gasteiger partial charge in [0.2, 0.25) is 5.28 Å². The average molecular weight is 238 g/mol. The predicted octanol–water partition coefficient (Wildman–Crippen LogP) is 2.03. The highest BCUT2D eigenvalue weighted by Gasteiger charge is 2.08. The van der Waals surface area contributed by atoms with E-state index in [2.05, 4.69) is 9.97 Å². The van der Waals surface area contributed by atoms with Gasteiger partial charge in [0.25, 0.3) is 0 Å². The fraction of sp³-hybridized carbons (Fsp3) is 0.273. The summed E-state index contributed by atoms with van der Waals surface area (Å²) in [6, 6.07) is 0. The van der Waals surface area contributed by atoms with E-state index in [0.29, 0.717) is 0 Å². The number of hydrogen-bond acceptors (Lipinski definition) is 3. The van der Waals surface area contributed by atoms with Gasteiger partial charge in [0, 0.05) is 24.2 Å². The van der Waals surface area contributed by atoms with Crippen molar-refractivity contribution >= 4 is 11.6 Å². The minimum absolute atomic E-state index is 0.0245. The molecule has 2 heterocycles. The van der Waals surface area contributed by atoms with Gasteiger partial charge in [-0.2, -0.15) is 4.98 Å². The highest BCUT2D eigenvalue weighted by molar-refractivity contribution is 6.28. The summed E-state index contributed by atoms with van der Waals surface area (Å²) in [7, 11) is 0. The SMILES string of the molecule is Cc1cn(-c2nc(Cl)ncc2C)cc1CO. The van der Waals surface area contributed by atoms with Gasteiger partial charge in [0.1, 0.15) is 5.82 Å². The van der Waals surface area contributed by atoms with Gasteiger partial charge in [0.05, 0.1) is 6.61 Å². The molecule has 0 aliphatic rings. The number of rotatable bonds is 2. The van der Waals surface area contributed by atoms with E-state index >= 15 is 0 Å². The van der Waals surface area contributed by atoms with E-state index in [1.807, 2.05) is 30.8 Å². The van der Waals surface area contributed by atoms with Crippen LogP contribution < -0.4 is 0 Å². The van der Waals surface area contributed by atoms with Gasteiger partial charge in [-0.25, -0.2) is 4.98 Å². The highest BCUT2D eigenvalue weighted by atomic mass is 35.5. The summed E-state index contributed by atoms with van der Waals surface area (Å²) in [6.07, 6.45) is 5.44. The van der Waals surface area contributed by atoms with Crippen LogP contribution in [-0.4, -0.2) is 19.6 Å². The molecule has 2 aromatic rings. The molecule has 0 saturated carbocycles. The number of aromatic nitrogens is 3. The molecule has 16 heavy (non-hydrogen) atoms. The molecule has 0 aliphatic carbocycles. The van der Waals surface area contributed by atoms with Crippen LogP contribution in [0.2, 0.25) is 5.28 Å². The Hall–Kier alpha value is -1.39. The van der Waals surface area contributed by atoms with Gasteiger partial charge < -0.3 is 9.67 Å². The maximum Gasteiger partial charge on any atom is 0.224 e. The van der Waals surface area contributed by atoms with Crippen molar-refractivity contribution in [1.29, 1.82) is 0 Å². The normalized spacial score (nSPS) is 10.8. The molecule has 2 aromatic heterocycles. The number of nitrogens with zero attached hydrogens (tertiary/aromatic N) is 3. The van der Waals surface area contributed by atoms with Gasteiger partial charge >= 0.3 is 0 Å². The van der Waals surface area contributed by atoms with E-state index in [0.717, 1.165) is 22.5 Å². The summed E-state index contributed by atoms with van der Waals surface area (Å²) >= 11 is 5.76. The predicted molar refractivity (Wildman–Crippen MR) is 61.8 cm³/mol. The summed E-state index contributed by atoms with van der Waals surface area (Å²) < 4.78 is 1.85. The van der Waals surface area contributed by atoms with Gasteiger partial charge in [-0.1, -0.05) is 0 Å². The summed E-state index contributed by atoms with van der Waals surface area (Å²) in [5, 5.41) is 9.35. The largest absolute Gasteiger partial charge is 0.392 e. The van der Waals surface area contributed by atoms with Crippen molar-refractivity contribution in [2.45, 2.75) is 20.5 Å². The van der Waals surface area contributed by atoms with E-state index < -0.39 is 0 Å². The van der Waals surface area contributed by atoms with E-state index in [1.165, 1.54) is 0 Å². The van der Waals surface area contributed by atoms with E-state index in [-0.39, 0.29) is 11.9 Å². The Morgan fingerprint density at radius 2 is 2.06 bits per heavy atom. The molecule has 0 atom stereocenters. The van der Waals surface area contributed by atoms with E-state index in [4.69, 9.17) is 16.7 Å². The van der Waals surface area contributed by atoms with Gasteiger partial charge in [-0.3, -0.25) is 0 Å². The molecule has 2 rings (SSSR count). The second-order valence-corrected chi connectivity index (χ2v) is 4.02. The number of hydrogen-bond donors (Lipinski definition) is 1. The maximum atomic E-state index is 9.13. The zero-order valence-corrected chi connectivity index (χ0v) is 9.86. The molecular weight excluding hydrogens is 226 g/mol. The molecule has 0 fully saturated rings. The van der Waals surface area contributed by atoms with E-state index in [1.54, 1.807) is 6.20 Å². The third kappa shape index (κ3) is 1.94. The van der Waals surface area contributed by atoms with Crippen molar-refractivity contribution in [3.8, 4) is 5.82 Å². The first kappa shape index (κ1) is 11.1. The van der Waals surface area contributed by atoms with Crippen molar-refractivity contribution in [3.05, 3.63) is 40.6 Å². The standard InChI is InChI=1S/C11H12ClN3O/c1-7-3-13-11(12)14-10(7)15-4-8(2)9(5-15)6-16/h3-5,16H,6H2,1-2H3. The topological polar surface area (TPSA) is 50.9 Å². The first-order valence-electron chi connectivity index (χ1n) is 4.89. The lowest BCUT2D eigenvalue weighted by molar-refractivity contribution is 0.281. The van der Waals surface area contributed by atoms with Crippen LogP contribution in [-0.2, 0) is 6.61 Å². The molecule has 84 valence electrons. The molecule has 0 aromatic carbocycles. The van der Waals surface area contributed by atoms with Crippen LogP contribution in [0.4, 0.5) is 0 Å². The van der Waals surface area contributed by atoms with Crippen LogP contribution in [0.25, 0.3) is 5.82 Å². The number of halogens is 1. The Kier molecular flexibility index (Phi) is 2.94. The third-order valence-corrected chi connectivity index (χ3v) is 2.65. The van der Waals surface area contributed by atoms with Crippen molar-refractivity contribution in [2.75, 3.05) is 0 Å². The number of aliphatic hydroxyl groups excluding tert-OH is 1. The van der Waals surface area contributed by atoms with Crippen molar-refractivity contribution in [1.82, 2.24) is 14.5 Å². The van der Waals surface area contributed by atoms with Crippen molar-refractivity contribution in [2.24, 2.45) is 0 Å². The first-order chi connectivity index (χ1) is 7.61. The van der Waals surface area contributed by atoms with Crippen LogP contribution in [0.1, 0.15) is 16.7 Å². The van der Waals surface area contributed by atoms with Crippen LogP contribution in [0.5, 0.6) is 0 Å². The van der Waals surface area contributed by atoms with Crippen molar-refractivity contribution in [3.63, 3.8) is 0 Å². The number of aliphatic hydroxyl groups is 1. The van der Waals surface area contributed by atoms with Gasteiger partial charge in [-0.15, -0.1) is 0 Å². The molecule has 1 N–H and O–H groups in total. The summed E-state index contributed by atoms with van der Waals surface area (Å²) in [6.45, 7) is 3.89. The third-order valence-electron chi connectivity index (χ3n) is 2.46. The Labute approximate surface area is 98.5 Å². The van der Waals surface area contributed by atoms with Crippen LogP contribution >= 0.6 is 11.6 Å². The van der Waals surface area contributed by atoms with Crippen LogP contribution in [0, 0.1) is 13.8 Å². The lowest BCUT2D eigenvalue weighted by atomic mass is 10.2. The fourth-order valence-corrected chi connectivity index (χ4v) is 1.69. The molecule has 0 aliphatic heterocycles. The number of aryl methyl sites for hydroxylation is 2. The summed E-state index contributed by atoms with van der Waals surface area (Å²) in [5.41, 5.74) is 2.84. The average Bonchev–Trinajstić information content (AvgIpc) is 2.63. The Balaban J connectivity index is 2.53.